The van der Waals surface area contributed by atoms with E-state index in [1.54, 1.807) is 7.11 Å². The number of benzene rings is 1. The lowest BCUT2D eigenvalue weighted by molar-refractivity contribution is 0.0364. The van der Waals surface area contributed by atoms with E-state index in [-0.39, 0.29) is 0 Å². The number of rotatable bonds is 12. The maximum absolute atomic E-state index is 5.59. The average Bonchev–Trinajstić information content (AvgIpc) is 2.47. The fourth-order valence-electron chi connectivity index (χ4n) is 1.54. The third-order valence-electron chi connectivity index (χ3n) is 2.59. The SMILES string of the molecule is COCCCOCCOCCCOc1ccc(N)cc1. The standard InChI is InChI=1S/C15H25NO4/c1-17-8-2-9-18-12-13-19-10-3-11-20-15-6-4-14(16)5-7-15/h4-7H,2-3,8-13,16H2,1H3. The van der Waals surface area contributed by atoms with E-state index in [1.807, 2.05) is 24.3 Å². The average molecular weight is 283 g/mol. The van der Waals surface area contributed by atoms with Gasteiger partial charge in [0.1, 0.15) is 5.75 Å². The van der Waals surface area contributed by atoms with Crippen molar-refractivity contribution >= 4 is 5.69 Å². The molecule has 5 heteroatoms. The summed E-state index contributed by atoms with van der Waals surface area (Å²) in [6, 6.07) is 7.38. The highest BCUT2D eigenvalue weighted by Crippen LogP contribution is 2.12. The predicted molar refractivity (Wildman–Crippen MR) is 79.1 cm³/mol. The molecule has 5 nitrogen and oxygen atoms in total. The molecule has 0 aliphatic carbocycles. The third-order valence-corrected chi connectivity index (χ3v) is 2.59. The molecule has 0 radical (unpaired) electrons. The van der Waals surface area contributed by atoms with Gasteiger partial charge in [0.05, 0.1) is 19.8 Å². The molecular weight excluding hydrogens is 258 g/mol. The van der Waals surface area contributed by atoms with Gasteiger partial charge in [0.25, 0.3) is 0 Å². The van der Waals surface area contributed by atoms with Gasteiger partial charge in [-0.25, -0.2) is 0 Å². The fourth-order valence-corrected chi connectivity index (χ4v) is 1.54. The Kier molecular flexibility index (Phi) is 9.65. The van der Waals surface area contributed by atoms with E-state index in [4.69, 9.17) is 24.7 Å². The lowest BCUT2D eigenvalue weighted by atomic mass is 10.3. The molecule has 20 heavy (non-hydrogen) atoms. The zero-order valence-corrected chi connectivity index (χ0v) is 12.2. The molecule has 114 valence electrons. The van der Waals surface area contributed by atoms with Crippen LogP contribution in [0, 0.1) is 0 Å². The summed E-state index contributed by atoms with van der Waals surface area (Å²) in [5.74, 6) is 0.834. The van der Waals surface area contributed by atoms with E-state index in [0.717, 1.165) is 37.5 Å². The molecule has 1 aromatic rings. The summed E-state index contributed by atoms with van der Waals surface area (Å²) in [5, 5.41) is 0. The second-order valence-corrected chi connectivity index (χ2v) is 4.34. The quantitative estimate of drug-likeness (QED) is 0.470. The number of hydrogen-bond donors (Lipinski definition) is 1. The van der Waals surface area contributed by atoms with Crippen LogP contribution in [-0.4, -0.2) is 46.8 Å². The Hall–Kier alpha value is -1.30. The molecule has 2 N–H and O–H groups in total. The maximum Gasteiger partial charge on any atom is 0.119 e. The summed E-state index contributed by atoms with van der Waals surface area (Å²) in [7, 11) is 1.69. The van der Waals surface area contributed by atoms with E-state index >= 15 is 0 Å². The van der Waals surface area contributed by atoms with E-state index in [1.165, 1.54) is 0 Å². The molecule has 1 aromatic carbocycles. The van der Waals surface area contributed by atoms with Crippen LogP contribution in [0.1, 0.15) is 12.8 Å². The minimum atomic E-state index is 0.620. The van der Waals surface area contributed by atoms with E-state index in [2.05, 4.69) is 0 Å². The van der Waals surface area contributed by atoms with Crippen molar-refractivity contribution in [2.75, 3.05) is 52.5 Å². The van der Waals surface area contributed by atoms with Crippen LogP contribution in [0.4, 0.5) is 5.69 Å². The van der Waals surface area contributed by atoms with Gasteiger partial charge in [-0.1, -0.05) is 0 Å². The van der Waals surface area contributed by atoms with Gasteiger partial charge >= 0.3 is 0 Å². The molecule has 1 rings (SSSR count). The first-order valence-corrected chi connectivity index (χ1v) is 6.95. The summed E-state index contributed by atoms with van der Waals surface area (Å²) in [6.45, 7) is 4.02. The Morgan fingerprint density at radius 2 is 1.40 bits per heavy atom. The Morgan fingerprint density at radius 3 is 2.00 bits per heavy atom. The molecule has 0 aromatic heterocycles. The van der Waals surface area contributed by atoms with Gasteiger partial charge in [0, 0.05) is 39.0 Å². The van der Waals surface area contributed by atoms with Crippen LogP contribution in [0.25, 0.3) is 0 Å². The summed E-state index contributed by atoms with van der Waals surface area (Å²) in [5.41, 5.74) is 6.34. The summed E-state index contributed by atoms with van der Waals surface area (Å²) in [4.78, 5) is 0. The first kappa shape index (κ1) is 16.8. The summed E-state index contributed by atoms with van der Waals surface area (Å²) < 4.78 is 21.3. The third kappa shape index (κ3) is 8.74. The van der Waals surface area contributed by atoms with Crippen molar-refractivity contribution in [1.82, 2.24) is 0 Å². The van der Waals surface area contributed by atoms with Gasteiger partial charge in [0.2, 0.25) is 0 Å². The molecule has 0 saturated heterocycles. The first-order chi connectivity index (χ1) is 9.83. The molecule has 0 fully saturated rings. The Bertz CT molecular complexity index is 329. The van der Waals surface area contributed by atoms with Gasteiger partial charge in [-0.15, -0.1) is 0 Å². The van der Waals surface area contributed by atoms with Crippen LogP contribution in [0.3, 0.4) is 0 Å². The lowest BCUT2D eigenvalue weighted by Crippen LogP contribution is -2.09. The van der Waals surface area contributed by atoms with Gasteiger partial charge in [0.15, 0.2) is 0 Å². The fraction of sp³-hybridized carbons (Fsp3) is 0.600. The monoisotopic (exact) mass is 283 g/mol. The van der Waals surface area contributed by atoms with E-state index in [9.17, 15) is 0 Å². The number of hydrogen-bond acceptors (Lipinski definition) is 5. The van der Waals surface area contributed by atoms with E-state index in [0.29, 0.717) is 26.4 Å². The van der Waals surface area contributed by atoms with Crippen LogP contribution in [0.2, 0.25) is 0 Å². The largest absolute Gasteiger partial charge is 0.494 e. The number of methoxy groups -OCH3 is 1. The number of anilines is 1. The van der Waals surface area contributed by atoms with Crippen molar-refractivity contribution in [3.8, 4) is 5.75 Å². The van der Waals surface area contributed by atoms with Gasteiger partial charge in [-0.05, 0) is 30.7 Å². The topological polar surface area (TPSA) is 62.9 Å². The second kappa shape index (κ2) is 11.5. The zero-order valence-electron chi connectivity index (χ0n) is 12.2. The van der Waals surface area contributed by atoms with Crippen molar-refractivity contribution in [1.29, 1.82) is 0 Å². The van der Waals surface area contributed by atoms with Crippen molar-refractivity contribution in [2.45, 2.75) is 12.8 Å². The Morgan fingerprint density at radius 1 is 0.800 bits per heavy atom. The molecule has 0 saturated carbocycles. The van der Waals surface area contributed by atoms with Crippen molar-refractivity contribution in [3.05, 3.63) is 24.3 Å². The van der Waals surface area contributed by atoms with Crippen LogP contribution < -0.4 is 10.5 Å². The van der Waals surface area contributed by atoms with Crippen LogP contribution in [0.5, 0.6) is 5.75 Å². The molecule has 0 bridgehead atoms. The maximum atomic E-state index is 5.59. The molecule has 0 heterocycles. The van der Waals surface area contributed by atoms with E-state index < -0.39 is 0 Å². The summed E-state index contributed by atoms with van der Waals surface area (Å²) >= 11 is 0. The first-order valence-electron chi connectivity index (χ1n) is 6.95. The number of nitrogens with two attached hydrogens (primary N) is 1. The minimum Gasteiger partial charge on any atom is -0.494 e. The lowest BCUT2D eigenvalue weighted by Gasteiger charge is -2.07. The Balaban J connectivity index is 1.84. The van der Waals surface area contributed by atoms with Gasteiger partial charge in [-0.3, -0.25) is 0 Å². The molecule has 0 spiro atoms. The molecule has 0 atom stereocenters. The van der Waals surface area contributed by atoms with Crippen LogP contribution in [-0.2, 0) is 14.2 Å². The highest BCUT2D eigenvalue weighted by molar-refractivity contribution is 5.41. The molecule has 0 aliphatic rings. The number of nitrogen functional groups attached to an aromatic ring is 1. The highest BCUT2D eigenvalue weighted by Gasteiger charge is 1.94. The van der Waals surface area contributed by atoms with Gasteiger partial charge < -0.3 is 24.7 Å². The Labute approximate surface area is 121 Å². The van der Waals surface area contributed by atoms with Crippen molar-refractivity contribution < 1.29 is 18.9 Å². The molecular formula is C15H25NO4. The smallest absolute Gasteiger partial charge is 0.119 e. The number of ether oxygens (including phenoxy) is 4. The predicted octanol–water partition coefficient (Wildman–Crippen LogP) is 2.11. The molecule has 0 unspecified atom stereocenters. The van der Waals surface area contributed by atoms with Crippen LogP contribution in [0.15, 0.2) is 24.3 Å². The van der Waals surface area contributed by atoms with Crippen LogP contribution >= 0.6 is 0 Å². The normalized spacial score (nSPS) is 10.7. The second-order valence-electron chi connectivity index (χ2n) is 4.34. The summed E-state index contributed by atoms with van der Waals surface area (Å²) in [6.07, 6.45) is 1.78. The van der Waals surface area contributed by atoms with Gasteiger partial charge in [-0.2, -0.15) is 0 Å². The molecule has 0 aliphatic heterocycles. The minimum absolute atomic E-state index is 0.620. The highest BCUT2D eigenvalue weighted by atomic mass is 16.5. The van der Waals surface area contributed by atoms with Crippen molar-refractivity contribution in [3.63, 3.8) is 0 Å². The zero-order chi connectivity index (χ0) is 14.5. The van der Waals surface area contributed by atoms with Crippen molar-refractivity contribution in [2.24, 2.45) is 0 Å². The molecule has 0 amide bonds.